The van der Waals surface area contributed by atoms with Gasteiger partial charge in [0.05, 0.1) is 17.3 Å². The molecular weight excluding hydrogens is 380 g/mol. The highest BCUT2D eigenvalue weighted by atomic mass is 16.3. The molecule has 150 valence electrons. The molecule has 4 rings (SSSR count). The fraction of sp³-hybridized carbons (Fsp3) is 0.0870. The molecule has 7 nitrogen and oxygen atoms in total. The molecule has 0 unspecified atom stereocenters. The van der Waals surface area contributed by atoms with Crippen LogP contribution in [0.3, 0.4) is 0 Å². The molecule has 0 aliphatic rings. The minimum absolute atomic E-state index is 0.100. The fourth-order valence-corrected chi connectivity index (χ4v) is 2.97. The summed E-state index contributed by atoms with van der Waals surface area (Å²) >= 11 is 0. The number of para-hydroxylation sites is 2. The number of hydrogen-bond acceptors (Lipinski definition) is 4. The average Bonchev–Trinajstić information content (AvgIpc) is 3.43. The second kappa shape index (κ2) is 8.91. The smallest absolute Gasteiger partial charge is 0.267 e. The van der Waals surface area contributed by atoms with Crippen molar-refractivity contribution < 1.29 is 14.0 Å². The van der Waals surface area contributed by atoms with Crippen LogP contribution in [0.1, 0.15) is 21.9 Å². The largest absolute Gasteiger partial charge is 0.465 e. The van der Waals surface area contributed by atoms with Crippen LogP contribution in [0.25, 0.3) is 17.1 Å². The number of carbonyl (C=O) groups is 2. The number of nitrogens with one attached hydrogen (secondary N) is 3. The summed E-state index contributed by atoms with van der Waals surface area (Å²) in [7, 11) is 0. The number of aromatic nitrogens is 2. The van der Waals surface area contributed by atoms with E-state index in [0.29, 0.717) is 24.3 Å². The molecule has 3 N–H and O–H groups in total. The normalized spacial score (nSPS) is 11.4. The first-order valence-electron chi connectivity index (χ1n) is 9.52. The van der Waals surface area contributed by atoms with Crippen molar-refractivity contribution in [2.24, 2.45) is 0 Å². The highest BCUT2D eigenvalue weighted by Gasteiger charge is 2.15. The van der Waals surface area contributed by atoms with Crippen LogP contribution < -0.4 is 10.6 Å². The van der Waals surface area contributed by atoms with Crippen LogP contribution in [0.15, 0.2) is 83.1 Å². The molecule has 0 aliphatic carbocycles. The van der Waals surface area contributed by atoms with Gasteiger partial charge in [-0.15, -0.1) is 0 Å². The van der Waals surface area contributed by atoms with Crippen LogP contribution in [0.5, 0.6) is 0 Å². The maximum absolute atomic E-state index is 12.7. The first-order valence-corrected chi connectivity index (χ1v) is 9.52. The van der Waals surface area contributed by atoms with E-state index < -0.39 is 5.91 Å². The van der Waals surface area contributed by atoms with Gasteiger partial charge >= 0.3 is 0 Å². The van der Waals surface area contributed by atoms with Crippen molar-refractivity contribution in [3.05, 3.63) is 95.8 Å². The molecule has 0 saturated heterocycles. The zero-order valence-corrected chi connectivity index (χ0v) is 16.1. The second-order valence-corrected chi connectivity index (χ2v) is 6.60. The monoisotopic (exact) mass is 400 g/mol. The van der Waals surface area contributed by atoms with Gasteiger partial charge in [-0.05, 0) is 36.4 Å². The van der Waals surface area contributed by atoms with Gasteiger partial charge in [0.1, 0.15) is 17.3 Å². The lowest BCUT2D eigenvalue weighted by atomic mass is 10.2. The molecule has 2 heterocycles. The Labute approximate surface area is 172 Å². The van der Waals surface area contributed by atoms with Gasteiger partial charge in [0, 0.05) is 24.6 Å². The lowest BCUT2D eigenvalue weighted by molar-refractivity contribution is -0.117. The quantitative estimate of drug-likeness (QED) is 0.415. The van der Waals surface area contributed by atoms with Crippen LogP contribution in [-0.4, -0.2) is 28.3 Å². The van der Waals surface area contributed by atoms with Crippen molar-refractivity contribution in [2.45, 2.75) is 6.42 Å². The maximum atomic E-state index is 12.7. The van der Waals surface area contributed by atoms with Gasteiger partial charge in [-0.3, -0.25) is 9.59 Å². The minimum atomic E-state index is -0.410. The highest BCUT2D eigenvalue weighted by molar-refractivity contribution is 6.05. The molecule has 30 heavy (non-hydrogen) atoms. The number of amides is 2. The number of imidazole rings is 1. The van der Waals surface area contributed by atoms with Gasteiger partial charge in [-0.1, -0.05) is 30.3 Å². The Hall–Kier alpha value is -4.13. The van der Waals surface area contributed by atoms with Crippen molar-refractivity contribution in [3.63, 3.8) is 0 Å². The Balaban J connectivity index is 1.43. The van der Waals surface area contributed by atoms with Crippen LogP contribution in [-0.2, 0) is 11.2 Å². The molecule has 0 fully saturated rings. The fourth-order valence-electron chi connectivity index (χ4n) is 2.97. The van der Waals surface area contributed by atoms with E-state index in [2.05, 4.69) is 20.6 Å². The maximum Gasteiger partial charge on any atom is 0.267 e. The molecule has 2 aromatic carbocycles. The zero-order valence-electron chi connectivity index (χ0n) is 16.1. The molecule has 7 heteroatoms. The number of benzene rings is 2. The predicted octanol–water partition coefficient (Wildman–Crippen LogP) is 3.29. The molecule has 2 aromatic heterocycles. The zero-order chi connectivity index (χ0) is 20.8. The molecule has 0 aliphatic heterocycles. The lowest BCUT2D eigenvalue weighted by Gasteiger charge is -2.10. The van der Waals surface area contributed by atoms with Crippen molar-refractivity contribution in [3.8, 4) is 0 Å². The van der Waals surface area contributed by atoms with Crippen LogP contribution >= 0.6 is 0 Å². The Morgan fingerprint density at radius 2 is 1.80 bits per heavy atom. The number of aromatic amines is 1. The molecule has 0 spiro atoms. The standard InChI is InChI=1S/C23H20N4O3/c28-22(16-7-2-1-3-8-16)27-20(15-17-9-6-14-30-17)23(29)24-13-12-21-25-18-10-4-5-11-19(18)26-21/h1-11,14-15H,12-13H2,(H,24,29)(H,25,26)(H,27,28)/b20-15-. The number of hydrogen-bond donors (Lipinski definition) is 3. The number of nitrogens with zero attached hydrogens (tertiary/aromatic N) is 1. The summed E-state index contributed by atoms with van der Waals surface area (Å²) in [6.45, 7) is 0.357. The average molecular weight is 400 g/mol. The number of rotatable bonds is 7. The molecule has 0 saturated carbocycles. The summed E-state index contributed by atoms with van der Waals surface area (Å²) < 4.78 is 5.29. The third kappa shape index (κ3) is 4.64. The summed E-state index contributed by atoms with van der Waals surface area (Å²) in [6, 6.07) is 19.9. The highest BCUT2D eigenvalue weighted by Crippen LogP contribution is 2.11. The van der Waals surface area contributed by atoms with Crippen LogP contribution in [0, 0.1) is 0 Å². The molecule has 2 amide bonds. The molecule has 0 atom stereocenters. The van der Waals surface area contributed by atoms with Crippen molar-refractivity contribution in [2.75, 3.05) is 6.54 Å². The first kappa shape index (κ1) is 19.2. The van der Waals surface area contributed by atoms with E-state index >= 15 is 0 Å². The summed E-state index contributed by atoms with van der Waals surface area (Å²) in [6.07, 6.45) is 3.53. The third-order valence-corrected chi connectivity index (χ3v) is 4.44. The van der Waals surface area contributed by atoms with Crippen LogP contribution in [0.2, 0.25) is 0 Å². The Morgan fingerprint density at radius 1 is 1.00 bits per heavy atom. The van der Waals surface area contributed by atoms with E-state index in [4.69, 9.17) is 4.42 Å². The molecule has 0 bridgehead atoms. The van der Waals surface area contributed by atoms with Gasteiger partial charge in [0.2, 0.25) is 0 Å². The summed E-state index contributed by atoms with van der Waals surface area (Å²) in [5, 5.41) is 5.49. The molecular formula is C23H20N4O3. The van der Waals surface area contributed by atoms with Gasteiger partial charge < -0.3 is 20.0 Å². The van der Waals surface area contributed by atoms with Gasteiger partial charge in [-0.25, -0.2) is 4.98 Å². The Kier molecular flexibility index (Phi) is 5.70. The van der Waals surface area contributed by atoms with Crippen molar-refractivity contribution >= 4 is 28.9 Å². The number of fused-ring (bicyclic) bond motifs is 1. The van der Waals surface area contributed by atoms with E-state index in [-0.39, 0.29) is 11.6 Å². The van der Waals surface area contributed by atoms with E-state index in [0.717, 1.165) is 16.9 Å². The summed E-state index contributed by atoms with van der Waals surface area (Å²) in [5.41, 5.74) is 2.39. The second-order valence-electron chi connectivity index (χ2n) is 6.60. The third-order valence-electron chi connectivity index (χ3n) is 4.44. The first-order chi connectivity index (χ1) is 14.7. The van der Waals surface area contributed by atoms with E-state index in [1.807, 2.05) is 30.3 Å². The number of carbonyl (C=O) groups excluding carboxylic acids is 2. The number of furan rings is 1. The van der Waals surface area contributed by atoms with Gasteiger partial charge in [0.15, 0.2) is 0 Å². The molecule has 4 aromatic rings. The Morgan fingerprint density at radius 3 is 2.57 bits per heavy atom. The van der Waals surface area contributed by atoms with Crippen LogP contribution in [0.4, 0.5) is 0 Å². The predicted molar refractivity (Wildman–Crippen MR) is 113 cm³/mol. The SMILES string of the molecule is O=C(NCCc1nc2ccccc2[nH]1)/C(=C/c1ccco1)NC(=O)c1ccccc1. The Bertz CT molecular complexity index is 1140. The van der Waals surface area contributed by atoms with Gasteiger partial charge in [-0.2, -0.15) is 0 Å². The van der Waals surface area contributed by atoms with Gasteiger partial charge in [0.25, 0.3) is 11.8 Å². The minimum Gasteiger partial charge on any atom is -0.465 e. The van der Waals surface area contributed by atoms with E-state index in [9.17, 15) is 9.59 Å². The topological polar surface area (TPSA) is 100 Å². The van der Waals surface area contributed by atoms with Crippen molar-refractivity contribution in [1.29, 1.82) is 0 Å². The van der Waals surface area contributed by atoms with Crippen molar-refractivity contribution in [1.82, 2.24) is 20.6 Å². The van der Waals surface area contributed by atoms with E-state index in [1.165, 1.54) is 12.3 Å². The molecule has 0 radical (unpaired) electrons. The van der Waals surface area contributed by atoms with E-state index in [1.54, 1.807) is 36.4 Å². The summed E-state index contributed by atoms with van der Waals surface area (Å²) in [5.74, 6) is 0.458. The summed E-state index contributed by atoms with van der Waals surface area (Å²) in [4.78, 5) is 33.0. The lowest BCUT2D eigenvalue weighted by Crippen LogP contribution is -2.35. The number of H-pyrrole nitrogens is 1.